The predicted octanol–water partition coefficient (Wildman–Crippen LogP) is 11.5. The molecule has 0 unspecified atom stereocenters. The third kappa shape index (κ3) is 4.15. The Morgan fingerprint density at radius 1 is 0.354 bits per heavy atom. The van der Waals surface area contributed by atoms with Gasteiger partial charge in [-0.05, 0) is 46.8 Å². The van der Waals surface area contributed by atoms with Crippen molar-refractivity contribution in [2.75, 3.05) is 0 Å². The minimum Gasteiger partial charge on any atom is -0.456 e. The number of para-hydroxylation sites is 1. The lowest BCUT2D eigenvalue weighted by Gasteiger charge is -2.11. The molecule has 10 rings (SSSR count). The first-order valence-electron chi connectivity index (χ1n) is 15.9. The molecule has 0 aliphatic rings. The van der Waals surface area contributed by atoms with Crippen LogP contribution in [0.4, 0.5) is 0 Å². The lowest BCUT2D eigenvalue weighted by Crippen LogP contribution is -2.00. The van der Waals surface area contributed by atoms with Crippen LogP contribution in [0.1, 0.15) is 0 Å². The molecule has 224 valence electrons. The second-order valence-electron chi connectivity index (χ2n) is 12.0. The zero-order chi connectivity index (χ0) is 31.6. The smallest absolute Gasteiger partial charge is 0.164 e. The third-order valence-corrected chi connectivity index (χ3v) is 9.12. The number of furan rings is 2. The first-order valence-corrected chi connectivity index (χ1v) is 15.9. The Hall–Kier alpha value is -6.59. The summed E-state index contributed by atoms with van der Waals surface area (Å²) < 4.78 is 13.0. The van der Waals surface area contributed by atoms with Gasteiger partial charge >= 0.3 is 0 Å². The van der Waals surface area contributed by atoms with Crippen molar-refractivity contribution in [3.05, 3.63) is 152 Å². The van der Waals surface area contributed by atoms with Crippen LogP contribution in [0.25, 0.3) is 99.9 Å². The SMILES string of the molecule is c1ccc(-c2nc(-c3cc(-c4ccccc4)c4c(c3)oc3ccccc34)nc(-c3cccc4oc5c6ccccc6ccc5c34)n2)cc1. The summed E-state index contributed by atoms with van der Waals surface area (Å²) in [6.45, 7) is 0. The second-order valence-corrected chi connectivity index (χ2v) is 12.0. The molecule has 7 aromatic carbocycles. The van der Waals surface area contributed by atoms with Crippen molar-refractivity contribution < 1.29 is 8.83 Å². The topological polar surface area (TPSA) is 65.0 Å². The van der Waals surface area contributed by atoms with Gasteiger partial charge in [0.25, 0.3) is 0 Å². The van der Waals surface area contributed by atoms with E-state index in [1.165, 1.54) is 0 Å². The van der Waals surface area contributed by atoms with Gasteiger partial charge in [-0.3, -0.25) is 0 Å². The highest BCUT2D eigenvalue weighted by Crippen LogP contribution is 2.42. The lowest BCUT2D eigenvalue weighted by molar-refractivity contribution is 0.669. The number of benzene rings is 7. The fraction of sp³-hybridized carbons (Fsp3) is 0. The summed E-state index contributed by atoms with van der Waals surface area (Å²) in [6.07, 6.45) is 0. The average Bonchev–Trinajstić information content (AvgIpc) is 3.74. The molecule has 0 aliphatic carbocycles. The van der Waals surface area contributed by atoms with Gasteiger partial charge < -0.3 is 8.83 Å². The normalized spacial score (nSPS) is 11.8. The first-order chi connectivity index (χ1) is 23.8. The zero-order valence-electron chi connectivity index (χ0n) is 25.6. The van der Waals surface area contributed by atoms with Crippen LogP contribution in [0.5, 0.6) is 0 Å². The molecule has 0 spiro atoms. The molecular formula is C43H25N3O2. The summed E-state index contributed by atoms with van der Waals surface area (Å²) in [5.41, 5.74) is 8.06. The van der Waals surface area contributed by atoms with Gasteiger partial charge in [0.05, 0.1) is 0 Å². The zero-order valence-corrected chi connectivity index (χ0v) is 25.6. The molecule has 0 atom stereocenters. The first kappa shape index (κ1) is 26.6. The molecule has 5 nitrogen and oxygen atoms in total. The van der Waals surface area contributed by atoms with E-state index in [1.54, 1.807) is 0 Å². The van der Waals surface area contributed by atoms with E-state index in [2.05, 4.69) is 72.8 Å². The Morgan fingerprint density at radius 3 is 1.83 bits per heavy atom. The molecule has 0 bridgehead atoms. The number of hydrogen-bond acceptors (Lipinski definition) is 5. The summed E-state index contributed by atoms with van der Waals surface area (Å²) in [5, 5.41) is 6.36. The van der Waals surface area contributed by atoms with Crippen LogP contribution in [0.3, 0.4) is 0 Å². The summed E-state index contributed by atoms with van der Waals surface area (Å²) in [7, 11) is 0. The van der Waals surface area contributed by atoms with Crippen molar-refractivity contribution in [1.82, 2.24) is 15.0 Å². The standard InChI is InChI=1S/C43H25N3O2/c1-3-12-26(13-4-1)34-24-29(25-37-38(34)31-18-9-10-20-35(31)47-37)42-44-41(28-15-5-2-6-16-28)45-43(46-42)33-19-11-21-36-39(33)32-23-22-27-14-7-8-17-30(27)40(32)48-36/h1-25H. The van der Waals surface area contributed by atoms with Crippen LogP contribution >= 0.6 is 0 Å². The van der Waals surface area contributed by atoms with Crippen molar-refractivity contribution in [2.24, 2.45) is 0 Å². The molecule has 3 aromatic heterocycles. The molecule has 0 N–H and O–H groups in total. The second kappa shape index (κ2) is 10.5. The number of hydrogen-bond donors (Lipinski definition) is 0. The van der Waals surface area contributed by atoms with Crippen LogP contribution in [0.2, 0.25) is 0 Å². The minimum absolute atomic E-state index is 0.564. The molecular weight excluding hydrogens is 590 g/mol. The number of nitrogens with zero attached hydrogens (tertiary/aromatic N) is 3. The maximum atomic E-state index is 6.52. The van der Waals surface area contributed by atoms with Crippen LogP contribution in [-0.2, 0) is 0 Å². The molecule has 0 saturated carbocycles. The fourth-order valence-corrected chi connectivity index (χ4v) is 6.91. The van der Waals surface area contributed by atoms with Crippen molar-refractivity contribution in [3.8, 4) is 45.3 Å². The van der Waals surface area contributed by atoms with E-state index in [-0.39, 0.29) is 0 Å². The van der Waals surface area contributed by atoms with E-state index in [9.17, 15) is 0 Å². The highest BCUT2D eigenvalue weighted by molar-refractivity contribution is 6.19. The summed E-state index contributed by atoms with van der Waals surface area (Å²) in [5.74, 6) is 1.73. The fourth-order valence-electron chi connectivity index (χ4n) is 6.91. The quantitative estimate of drug-likeness (QED) is 0.197. The average molecular weight is 616 g/mol. The van der Waals surface area contributed by atoms with E-state index in [0.717, 1.165) is 82.5 Å². The van der Waals surface area contributed by atoms with E-state index in [0.29, 0.717) is 17.5 Å². The molecule has 0 saturated heterocycles. The molecule has 10 aromatic rings. The Kier molecular flexibility index (Phi) is 5.81. The number of aromatic nitrogens is 3. The van der Waals surface area contributed by atoms with Gasteiger partial charge in [-0.25, -0.2) is 15.0 Å². The highest BCUT2D eigenvalue weighted by Gasteiger charge is 2.21. The minimum atomic E-state index is 0.564. The molecule has 0 fully saturated rings. The van der Waals surface area contributed by atoms with E-state index in [1.807, 2.05) is 78.9 Å². The van der Waals surface area contributed by atoms with Crippen molar-refractivity contribution in [3.63, 3.8) is 0 Å². The van der Waals surface area contributed by atoms with Gasteiger partial charge in [-0.15, -0.1) is 0 Å². The van der Waals surface area contributed by atoms with Gasteiger partial charge in [0.15, 0.2) is 17.5 Å². The van der Waals surface area contributed by atoms with Crippen molar-refractivity contribution >= 4 is 54.6 Å². The van der Waals surface area contributed by atoms with Gasteiger partial charge in [0, 0.05) is 43.6 Å². The molecule has 0 amide bonds. The molecule has 0 radical (unpaired) electrons. The van der Waals surface area contributed by atoms with Crippen molar-refractivity contribution in [1.29, 1.82) is 0 Å². The van der Waals surface area contributed by atoms with Gasteiger partial charge in [-0.1, -0.05) is 121 Å². The monoisotopic (exact) mass is 615 g/mol. The number of fused-ring (bicyclic) bond motifs is 8. The van der Waals surface area contributed by atoms with Gasteiger partial charge in [0.2, 0.25) is 0 Å². The third-order valence-electron chi connectivity index (χ3n) is 9.12. The largest absolute Gasteiger partial charge is 0.456 e. The van der Waals surface area contributed by atoms with E-state index in [4.69, 9.17) is 23.8 Å². The van der Waals surface area contributed by atoms with E-state index < -0.39 is 0 Å². The summed E-state index contributed by atoms with van der Waals surface area (Å²) >= 11 is 0. The maximum Gasteiger partial charge on any atom is 0.164 e. The van der Waals surface area contributed by atoms with Crippen molar-refractivity contribution in [2.45, 2.75) is 0 Å². The van der Waals surface area contributed by atoms with Crippen LogP contribution < -0.4 is 0 Å². The van der Waals surface area contributed by atoms with Gasteiger partial charge in [-0.2, -0.15) is 0 Å². The van der Waals surface area contributed by atoms with Crippen LogP contribution in [0.15, 0.2) is 160 Å². The lowest BCUT2D eigenvalue weighted by atomic mass is 9.96. The van der Waals surface area contributed by atoms with Gasteiger partial charge in [0.1, 0.15) is 22.3 Å². The highest BCUT2D eigenvalue weighted by atomic mass is 16.3. The molecule has 3 heterocycles. The Morgan fingerprint density at radius 2 is 1.00 bits per heavy atom. The Bertz CT molecular complexity index is 2840. The van der Waals surface area contributed by atoms with Crippen LogP contribution in [0, 0.1) is 0 Å². The number of rotatable bonds is 4. The molecule has 0 aliphatic heterocycles. The summed E-state index contributed by atoms with van der Waals surface area (Å²) in [6, 6.07) is 51.5. The molecule has 5 heteroatoms. The predicted molar refractivity (Wildman–Crippen MR) is 194 cm³/mol. The van der Waals surface area contributed by atoms with Crippen LogP contribution in [-0.4, -0.2) is 15.0 Å². The molecule has 48 heavy (non-hydrogen) atoms. The maximum absolute atomic E-state index is 6.52. The van der Waals surface area contributed by atoms with E-state index >= 15 is 0 Å². The Labute approximate surface area is 274 Å². The Balaban J connectivity index is 1.26. The summed E-state index contributed by atoms with van der Waals surface area (Å²) in [4.78, 5) is 15.4.